The van der Waals surface area contributed by atoms with Gasteiger partial charge in [-0.1, -0.05) is 37.6 Å². The Labute approximate surface area is 170 Å². The van der Waals surface area contributed by atoms with Gasteiger partial charge in [-0.15, -0.1) is 0 Å². The van der Waals surface area contributed by atoms with E-state index in [1.165, 1.54) is 6.07 Å². The lowest BCUT2D eigenvalue weighted by molar-refractivity contribution is -0.123. The number of carbonyl (C=O) groups is 1. The zero-order valence-corrected chi connectivity index (χ0v) is 17.1. The average molecular weight is 399 g/mol. The van der Waals surface area contributed by atoms with Gasteiger partial charge in [-0.05, 0) is 55.0 Å². The zero-order chi connectivity index (χ0) is 20.0. The molecule has 146 valence electrons. The Balaban J connectivity index is 1.90. The van der Waals surface area contributed by atoms with Crippen molar-refractivity contribution in [3.05, 3.63) is 58.4 Å². The molecule has 4 rings (SSSR count). The lowest BCUT2D eigenvalue weighted by Crippen LogP contribution is -2.40. The topological polar surface area (TPSA) is 41.5 Å². The number of hydrogen-bond donors (Lipinski definition) is 1. The molecule has 0 spiro atoms. The van der Waals surface area contributed by atoms with Gasteiger partial charge in [0.25, 0.3) is 0 Å². The van der Waals surface area contributed by atoms with Crippen LogP contribution in [0.2, 0.25) is 5.02 Å². The van der Waals surface area contributed by atoms with Gasteiger partial charge < -0.3 is 5.32 Å². The maximum Gasteiger partial charge on any atom is 0.144 e. The third-order valence-corrected chi connectivity index (χ3v) is 6.28. The predicted molar refractivity (Wildman–Crippen MR) is 112 cm³/mol. The number of benzene rings is 2. The summed E-state index contributed by atoms with van der Waals surface area (Å²) in [5.41, 5.74) is 3.83. The number of aliphatic imine (C=N–C) groups is 1. The van der Waals surface area contributed by atoms with Crippen LogP contribution in [-0.2, 0) is 4.79 Å². The van der Waals surface area contributed by atoms with E-state index in [1.54, 1.807) is 12.1 Å². The van der Waals surface area contributed by atoms with E-state index < -0.39 is 17.8 Å². The summed E-state index contributed by atoms with van der Waals surface area (Å²) in [5, 5.41) is 3.74. The number of ketones is 1. The fourth-order valence-corrected chi connectivity index (χ4v) is 4.60. The van der Waals surface area contributed by atoms with E-state index in [2.05, 4.69) is 19.2 Å². The van der Waals surface area contributed by atoms with Crippen LogP contribution in [0.3, 0.4) is 0 Å². The van der Waals surface area contributed by atoms with E-state index in [0.717, 1.165) is 29.1 Å². The highest BCUT2D eigenvalue weighted by atomic mass is 35.5. The lowest BCUT2D eigenvalue weighted by Gasteiger charge is -2.35. The second-order valence-corrected chi connectivity index (χ2v) is 8.64. The van der Waals surface area contributed by atoms with Crippen LogP contribution >= 0.6 is 11.6 Å². The van der Waals surface area contributed by atoms with Crippen molar-refractivity contribution >= 4 is 34.5 Å². The largest absolute Gasteiger partial charge is 0.375 e. The van der Waals surface area contributed by atoms with E-state index in [4.69, 9.17) is 16.6 Å². The third-order valence-electron chi connectivity index (χ3n) is 5.95. The number of nitrogens with one attached hydrogen (secondary N) is 1. The normalized spacial score (nSPS) is 24.1. The number of aryl methyl sites for hydroxylation is 1. The van der Waals surface area contributed by atoms with Crippen LogP contribution in [0, 0.1) is 30.5 Å². The van der Waals surface area contributed by atoms with Gasteiger partial charge in [-0.2, -0.15) is 0 Å². The highest BCUT2D eigenvalue weighted by Gasteiger charge is 2.43. The van der Waals surface area contributed by atoms with Gasteiger partial charge in [0.2, 0.25) is 0 Å². The molecule has 0 aromatic heterocycles. The zero-order valence-electron chi connectivity index (χ0n) is 16.3. The van der Waals surface area contributed by atoms with Crippen LogP contribution in [0.5, 0.6) is 0 Å². The molecular weight excluding hydrogens is 375 g/mol. The van der Waals surface area contributed by atoms with Crippen LogP contribution < -0.4 is 5.32 Å². The standard InChI is InChI=1S/C23H24ClFN2O/c1-12(2)14-10-19-22(20(28)11-14)23(21-15(24)5-4-6-16(21)25)27-18-9-13(3)7-8-17(18)26-19/h4-9,12,14,22-23,27H,10-11H2,1-3H3. The Kier molecular flexibility index (Phi) is 5.00. The Hall–Kier alpha value is -2.20. The minimum absolute atomic E-state index is 0.102. The van der Waals surface area contributed by atoms with Crippen molar-refractivity contribution in [1.82, 2.24) is 0 Å². The number of fused-ring (bicyclic) bond motifs is 2. The summed E-state index contributed by atoms with van der Waals surface area (Å²) in [7, 11) is 0. The fourth-order valence-electron chi connectivity index (χ4n) is 4.32. The first-order valence-corrected chi connectivity index (χ1v) is 10.1. The van der Waals surface area contributed by atoms with E-state index >= 15 is 0 Å². The minimum Gasteiger partial charge on any atom is -0.375 e. The molecular formula is C23H24ClFN2O. The van der Waals surface area contributed by atoms with Gasteiger partial charge in [0.15, 0.2) is 0 Å². The molecule has 0 radical (unpaired) electrons. The summed E-state index contributed by atoms with van der Waals surface area (Å²) in [5.74, 6) is -0.176. The molecule has 1 fully saturated rings. The van der Waals surface area contributed by atoms with Crippen LogP contribution in [0.25, 0.3) is 0 Å². The molecule has 1 heterocycles. The van der Waals surface area contributed by atoms with Gasteiger partial charge in [0.1, 0.15) is 11.6 Å². The van der Waals surface area contributed by atoms with E-state index in [0.29, 0.717) is 22.9 Å². The van der Waals surface area contributed by atoms with Crippen molar-refractivity contribution in [1.29, 1.82) is 0 Å². The smallest absolute Gasteiger partial charge is 0.144 e. The summed E-state index contributed by atoms with van der Waals surface area (Å²) >= 11 is 6.40. The number of halogens is 2. The first kappa shape index (κ1) is 19.1. The monoisotopic (exact) mass is 398 g/mol. The number of Topliss-reactive ketones (excluding diaryl/α,β-unsaturated/α-hetero) is 1. The number of hydrogen-bond acceptors (Lipinski definition) is 3. The third kappa shape index (κ3) is 3.35. The van der Waals surface area contributed by atoms with E-state index in [-0.39, 0.29) is 11.7 Å². The number of rotatable bonds is 2. The van der Waals surface area contributed by atoms with Gasteiger partial charge in [-0.25, -0.2) is 4.39 Å². The molecule has 2 aromatic rings. The van der Waals surface area contributed by atoms with Crippen molar-refractivity contribution in [3.8, 4) is 0 Å². The molecule has 0 bridgehead atoms. The van der Waals surface area contributed by atoms with Gasteiger partial charge in [0, 0.05) is 22.7 Å². The SMILES string of the molecule is Cc1ccc2c(c1)NC(c1c(F)cccc1Cl)C1C(=O)CC(C(C)C)CC1=N2. The molecule has 3 nitrogen and oxygen atoms in total. The van der Waals surface area contributed by atoms with Crippen molar-refractivity contribution in [3.63, 3.8) is 0 Å². The minimum atomic E-state index is -0.573. The molecule has 1 saturated carbocycles. The number of nitrogens with zero attached hydrogens (tertiary/aromatic N) is 1. The molecule has 28 heavy (non-hydrogen) atoms. The molecule has 1 aliphatic heterocycles. The van der Waals surface area contributed by atoms with Gasteiger partial charge in [-0.3, -0.25) is 9.79 Å². The van der Waals surface area contributed by atoms with Gasteiger partial charge in [0.05, 0.1) is 23.3 Å². The quantitative estimate of drug-likeness (QED) is 0.646. The van der Waals surface area contributed by atoms with Crippen LogP contribution in [0.15, 0.2) is 41.4 Å². The fraction of sp³-hybridized carbons (Fsp3) is 0.391. The molecule has 0 amide bonds. The van der Waals surface area contributed by atoms with Crippen LogP contribution in [0.1, 0.15) is 43.9 Å². The maximum atomic E-state index is 14.8. The first-order chi connectivity index (χ1) is 13.3. The molecule has 1 aliphatic carbocycles. The Morgan fingerprint density at radius 2 is 2.00 bits per heavy atom. The van der Waals surface area contributed by atoms with Gasteiger partial charge >= 0.3 is 0 Å². The Morgan fingerprint density at radius 1 is 1.21 bits per heavy atom. The van der Waals surface area contributed by atoms with E-state index in [9.17, 15) is 9.18 Å². The molecule has 2 aromatic carbocycles. The molecule has 5 heteroatoms. The number of carbonyl (C=O) groups excluding carboxylic acids is 1. The van der Waals surface area contributed by atoms with E-state index in [1.807, 2.05) is 25.1 Å². The van der Waals surface area contributed by atoms with Crippen LogP contribution in [-0.4, -0.2) is 11.5 Å². The second-order valence-electron chi connectivity index (χ2n) is 8.24. The first-order valence-electron chi connectivity index (χ1n) is 9.76. The molecule has 3 unspecified atom stereocenters. The maximum absolute atomic E-state index is 14.8. The van der Waals surface area contributed by atoms with Crippen molar-refractivity contribution in [2.45, 2.75) is 39.7 Å². The lowest BCUT2D eigenvalue weighted by atomic mass is 9.71. The number of anilines is 1. The van der Waals surface area contributed by atoms with Crippen molar-refractivity contribution < 1.29 is 9.18 Å². The van der Waals surface area contributed by atoms with Crippen molar-refractivity contribution in [2.24, 2.45) is 22.7 Å². The Morgan fingerprint density at radius 3 is 2.71 bits per heavy atom. The summed E-state index contributed by atoms with van der Waals surface area (Å²) in [6, 6.07) is 10.0. The predicted octanol–water partition coefficient (Wildman–Crippen LogP) is 6.28. The summed E-state index contributed by atoms with van der Waals surface area (Å²) in [6.45, 7) is 6.27. The molecule has 3 atom stereocenters. The highest BCUT2D eigenvalue weighted by Crippen LogP contribution is 2.45. The summed E-state index contributed by atoms with van der Waals surface area (Å²) in [6.07, 6.45) is 1.23. The molecule has 2 aliphatic rings. The average Bonchev–Trinajstić information content (AvgIpc) is 2.78. The van der Waals surface area contributed by atoms with Crippen LogP contribution in [0.4, 0.5) is 15.8 Å². The summed E-state index contributed by atoms with van der Waals surface area (Å²) < 4.78 is 14.8. The molecule has 0 saturated heterocycles. The summed E-state index contributed by atoms with van der Waals surface area (Å²) in [4.78, 5) is 18.1. The molecule has 1 N–H and O–H groups in total. The Bertz CT molecular complexity index is 949. The highest BCUT2D eigenvalue weighted by molar-refractivity contribution is 6.31. The van der Waals surface area contributed by atoms with Crippen molar-refractivity contribution in [2.75, 3.05) is 5.32 Å². The second kappa shape index (κ2) is 7.32.